The lowest BCUT2D eigenvalue weighted by Crippen LogP contribution is -2.01. The minimum atomic E-state index is 0.121. The van der Waals surface area contributed by atoms with Crippen molar-refractivity contribution in [2.75, 3.05) is 0 Å². The first-order valence-electron chi connectivity index (χ1n) is 4.52. The van der Waals surface area contributed by atoms with Crippen molar-refractivity contribution in [3.63, 3.8) is 0 Å². The zero-order valence-electron chi connectivity index (χ0n) is 8.11. The van der Waals surface area contributed by atoms with E-state index in [1.807, 2.05) is 17.5 Å². The summed E-state index contributed by atoms with van der Waals surface area (Å²) in [7, 11) is 0. The molecule has 0 radical (unpaired) electrons. The third-order valence-corrected chi connectivity index (χ3v) is 4.13. The molecule has 2 rings (SSSR count). The molecule has 5 heteroatoms. The maximum Gasteiger partial charge on any atom is 0.177 e. The number of halogens is 2. The summed E-state index contributed by atoms with van der Waals surface area (Å²) in [4.78, 5) is 16.7. The molecule has 0 atom stereocenters. The molecular weight excluding hydrogens is 354 g/mol. The molecule has 0 aromatic carbocycles. The number of carbonyl (C=O) groups is 1. The van der Waals surface area contributed by atoms with Gasteiger partial charge in [0.25, 0.3) is 0 Å². The van der Waals surface area contributed by atoms with Crippen LogP contribution in [0.1, 0.15) is 15.2 Å². The number of rotatable bonds is 3. The molecule has 0 N–H and O–H groups in total. The lowest BCUT2D eigenvalue weighted by molar-refractivity contribution is 0.0996. The van der Waals surface area contributed by atoms with Gasteiger partial charge in [0, 0.05) is 33.1 Å². The minimum Gasteiger partial charge on any atom is -0.293 e. The summed E-state index contributed by atoms with van der Waals surface area (Å²) in [5, 5.41) is 1.91. The predicted molar refractivity (Wildman–Crippen MR) is 72.0 cm³/mol. The van der Waals surface area contributed by atoms with Crippen molar-refractivity contribution in [3.8, 4) is 0 Å². The van der Waals surface area contributed by atoms with Gasteiger partial charge in [0.2, 0.25) is 0 Å². The Balaban J connectivity index is 2.13. The number of hydrogen-bond acceptors (Lipinski definition) is 3. The first-order chi connectivity index (χ1) is 7.65. The van der Waals surface area contributed by atoms with Crippen molar-refractivity contribution in [3.05, 3.63) is 49.3 Å². The summed E-state index contributed by atoms with van der Waals surface area (Å²) in [6.07, 6.45) is 3.81. The van der Waals surface area contributed by atoms with Crippen LogP contribution in [-0.2, 0) is 6.42 Å². The molecule has 82 valence electrons. The molecule has 0 spiro atoms. The van der Waals surface area contributed by atoms with Crippen molar-refractivity contribution >= 4 is 49.0 Å². The van der Waals surface area contributed by atoms with Crippen LogP contribution in [-0.4, -0.2) is 10.8 Å². The topological polar surface area (TPSA) is 30.0 Å². The highest BCUT2D eigenvalue weighted by Crippen LogP contribution is 2.21. The number of hydrogen-bond donors (Lipinski definition) is 0. The molecule has 0 fully saturated rings. The van der Waals surface area contributed by atoms with Crippen LogP contribution in [0.4, 0.5) is 0 Å². The Labute approximate surface area is 114 Å². The number of carbonyl (C=O) groups excluding carboxylic acids is 1. The summed E-state index contributed by atoms with van der Waals surface area (Å²) in [6, 6.07) is 3.76. The zero-order chi connectivity index (χ0) is 11.5. The lowest BCUT2D eigenvalue weighted by Gasteiger charge is -1.99. The summed E-state index contributed by atoms with van der Waals surface area (Å²) in [5.41, 5.74) is 0.920. The Hall–Kier alpha value is -0.520. The van der Waals surface area contributed by atoms with Crippen molar-refractivity contribution in [2.45, 2.75) is 6.42 Å². The predicted octanol–water partition coefficient (Wildman–Crippen LogP) is 4.09. The van der Waals surface area contributed by atoms with Gasteiger partial charge in [-0.25, -0.2) is 0 Å². The van der Waals surface area contributed by atoms with Crippen LogP contribution >= 0.6 is 43.2 Å². The van der Waals surface area contributed by atoms with Gasteiger partial charge in [-0.05, 0) is 49.6 Å². The van der Waals surface area contributed by atoms with Gasteiger partial charge in [-0.3, -0.25) is 9.78 Å². The van der Waals surface area contributed by atoms with Crippen LogP contribution in [0.2, 0.25) is 0 Å². The fourth-order valence-electron chi connectivity index (χ4n) is 1.28. The Morgan fingerprint density at radius 1 is 1.25 bits per heavy atom. The Kier molecular flexibility index (Phi) is 3.89. The van der Waals surface area contributed by atoms with Crippen LogP contribution in [0.5, 0.6) is 0 Å². The van der Waals surface area contributed by atoms with E-state index < -0.39 is 0 Å². The molecule has 2 heterocycles. The number of pyridine rings is 1. The molecule has 16 heavy (non-hydrogen) atoms. The highest BCUT2D eigenvalue weighted by atomic mass is 79.9. The highest BCUT2D eigenvalue weighted by molar-refractivity contribution is 9.10. The highest BCUT2D eigenvalue weighted by Gasteiger charge is 2.09. The second-order valence-electron chi connectivity index (χ2n) is 3.24. The summed E-state index contributed by atoms with van der Waals surface area (Å²) in [5.74, 6) is 0.121. The third-order valence-electron chi connectivity index (χ3n) is 1.97. The normalized spacial score (nSPS) is 10.4. The smallest absolute Gasteiger partial charge is 0.177 e. The van der Waals surface area contributed by atoms with Crippen molar-refractivity contribution < 1.29 is 4.79 Å². The molecule has 2 nitrogen and oxygen atoms in total. The molecule has 2 aromatic heterocycles. The van der Waals surface area contributed by atoms with Gasteiger partial charge >= 0.3 is 0 Å². The van der Waals surface area contributed by atoms with Crippen molar-refractivity contribution in [1.82, 2.24) is 4.98 Å². The average molecular weight is 361 g/mol. The number of ketones is 1. The fraction of sp³-hybridized carbons (Fsp3) is 0.0909. The molecule has 0 unspecified atom stereocenters. The van der Waals surface area contributed by atoms with E-state index in [-0.39, 0.29) is 5.78 Å². The van der Waals surface area contributed by atoms with Crippen molar-refractivity contribution in [1.29, 1.82) is 0 Å². The van der Waals surface area contributed by atoms with Gasteiger partial charge < -0.3 is 0 Å². The third kappa shape index (κ3) is 2.99. The van der Waals surface area contributed by atoms with E-state index in [0.29, 0.717) is 6.42 Å². The van der Waals surface area contributed by atoms with Gasteiger partial charge in [-0.2, -0.15) is 0 Å². The maximum absolute atomic E-state index is 11.9. The molecule has 0 aliphatic heterocycles. The summed E-state index contributed by atoms with van der Waals surface area (Å²) >= 11 is 8.12. The van der Waals surface area contributed by atoms with Gasteiger partial charge in [-0.15, -0.1) is 11.3 Å². The largest absolute Gasteiger partial charge is 0.293 e. The number of Topliss-reactive ketones (excluding diaryl/α,β-unsaturated/α-hetero) is 1. The second kappa shape index (κ2) is 5.21. The standard InChI is InChI=1S/C11H7Br2NOS/c12-8-1-7(4-14-5-8)2-10(15)11-3-9(13)6-16-11/h1,3-6H,2H2. The molecule has 0 saturated carbocycles. The zero-order valence-corrected chi connectivity index (χ0v) is 12.1. The molecule has 0 aliphatic carbocycles. The van der Waals surface area contributed by atoms with E-state index in [4.69, 9.17) is 0 Å². The molecule has 0 aliphatic rings. The monoisotopic (exact) mass is 359 g/mol. The van der Waals surface area contributed by atoms with Crippen LogP contribution in [0.25, 0.3) is 0 Å². The Bertz CT molecular complexity index is 524. The van der Waals surface area contributed by atoms with Gasteiger partial charge in [0.15, 0.2) is 5.78 Å². The molecule has 0 amide bonds. The van der Waals surface area contributed by atoms with Gasteiger partial charge in [0.1, 0.15) is 0 Å². The number of nitrogens with zero attached hydrogens (tertiary/aromatic N) is 1. The summed E-state index contributed by atoms with van der Waals surface area (Å²) in [6.45, 7) is 0. The van der Waals surface area contributed by atoms with Gasteiger partial charge in [0.05, 0.1) is 4.88 Å². The van der Waals surface area contributed by atoms with E-state index in [1.54, 1.807) is 12.4 Å². The molecule has 0 bridgehead atoms. The Morgan fingerprint density at radius 3 is 2.69 bits per heavy atom. The second-order valence-corrected chi connectivity index (χ2v) is 5.98. The molecule has 2 aromatic rings. The van der Waals surface area contributed by atoms with Crippen LogP contribution in [0.3, 0.4) is 0 Å². The van der Waals surface area contributed by atoms with E-state index in [1.165, 1.54) is 11.3 Å². The van der Waals surface area contributed by atoms with Gasteiger partial charge in [-0.1, -0.05) is 0 Å². The van der Waals surface area contributed by atoms with E-state index in [9.17, 15) is 4.79 Å². The van der Waals surface area contributed by atoms with E-state index in [0.717, 1.165) is 19.4 Å². The molecular formula is C11H7Br2NOS. The SMILES string of the molecule is O=C(Cc1cncc(Br)c1)c1cc(Br)cs1. The molecule has 0 saturated heterocycles. The maximum atomic E-state index is 11.9. The van der Waals surface area contributed by atoms with E-state index in [2.05, 4.69) is 36.8 Å². The van der Waals surface area contributed by atoms with Crippen LogP contribution in [0.15, 0.2) is 38.9 Å². The van der Waals surface area contributed by atoms with Crippen molar-refractivity contribution in [2.24, 2.45) is 0 Å². The quantitative estimate of drug-likeness (QED) is 0.771. The van der Waals surface area contributed by atoms with E-state index >= 15 is 0 Å². The number of thiophene rings is 1. The van der Waals surface area contributed by atoms with Crippen LogP contribution < -0.4 is 0 Å². The number of aromatic nitrogens is 1. The minimum absolute atomic E-state index is 0.121. The fourth-order valence-corrected chi connectivity index (χ4v) is 3.06. The Morgan fingerprint density at radius 2 is 2.06 bits per heavy atom. The van der Waals surface area contributed by atoms with Crippen LogP contribution in [0, 0.1) is 0 Å². The lowest BCUT2D eigenvalue weighted by atomic mass is 10.1. The first-order valence-corrected chi connectivity index (χ1v) is 6.98. The summed E-state index contributed by atoms with van der Waals surface area (Å²) < 4.78 is 1.85. The average Bonchev–Trinajstić information content (AvgIpc) is 2.65. The first kappa shape index (κ1) is 12.0.